The molecule has 19 heavy (non-hydrogen) atoms. The van der Waals surface area contributed by atoms with Gasteiger partial charge < -0.3 is 5.32 Å². The Morgan fingerprint density at radius 2 is 2.11 bits per heavy atom. The van der Waals surface area contributed by atoms with E-state index in [2.05, 4.69) is 56.7 Å². The molecule has 1 heterocycles. The fourth-order valence-electron chi connectivity index (χ4n) is 2.59. The lowest BCUT2D eigenvalue weighted by atomic mass is 10.0. The van der Waals surface area contributed by atoms with E-state index in [0.29, 0.717) is 0 Å². The van der Waals surface area contributed by atoms with E-state index in [9.17, 15) is 0 Å². The molecule has 100 valence electrons. The third-order valence-electron chi connectivity index (χ3n) is 3.91. The van der Waals surface area contributed by atoms with Gasteiger partial charge in [-0.15, -0.1) is 0 Å². The van der Waals surface area contributed by atoms with E-state index in [1.54, 1.807) is 0 Å². The van der Waals surface area contributed by atoms with Crippen molar-refractivity contribution in [2.45, 2.75) is 24.8 Å². The summed E-state index contributed by atoms with van der Waals surface area (Å²) in [4.78, 5) is 0. The van der Waals surface area contributed by atoms with Gasteiger partial charge in [-0.3, -0.25) is 4.68 Å². The fraction of sp³-hybridized carbons (Fsp3) is 0.400. The molecule has 1 aromatic heterocycles. The normalized spacial score (nSPS) is 16.5. The highest BCUT2D eigenvalue weighted by Gasteiger charge is 2.44. The second kappa shape index (κ2) is 5.10. The molecule has 1 fully saturated rings. The summed E-state index contributed by atoms with van der Waals surface area (Å²) in [6, 6.07) is 10.6. The topological polar surface area (TPSA) is 29.9 Å². The highest BCUT2D eigenvalue weighted by Crippen LogP contribution is 2.47. The second-order valence-electron chi connectivity index (χ2n) is 5.18. The molecule has 1 aromatic carbocycles. The maximum absolute atomic E-state index is 4.20. The van der Waals surface area contributed by atoms with Crippen LogP contribution in [0.25, 0.3) is 0 Å². The van der Waals surface area contributed by atoms with Gasteiger partial charge in [0.2, 0.25) is 0 Å². The van der Waals surface area contributed by atoms with Crippen molar-refractivity contribution in [1.29, 1.82) is 0 Å². The van der Waals surface area contributed by atoms with E-state index >= 15 is 0 Å². The molecule has 3 nitrogen and oxygen atoms in total. The van der Waals surface area contributed by atoms with Crippen molar-refractivity contribution >= 4 is 15.9 Å². The molecule has 0 amide bonds. The fourth-order valence-corrected chi connectivity index (χ4v) is 3.26. The van der Waals surface area contributed by atoms with E-state index < -0.39 is 0 Å². The summed E-state index contributed by atoms with van der Waals surface area (Å²) >= 11 is 3.66. The molecule has 1 saturated carbocycles. The number of nitrogens with one attached hydrogen (secondary N) is 1. The third kappa shape index (κ3) is 2.60. The van der Waals surface area contributed by atoms with Gasteiger partial charge in [-0.1, -0.05) is 34.1 Å². The number of hydrogen-bond acceptors (Lipinski definition) is 2. The van der Waals surface area contributed by atoms with Gasteiger partial charge in [0, 0.05) is 41.9 Å². The molecule has 0 spiro atoms. The number of nitrogens with zero attached hydrogens (tertiary/aromatic N) is 2. The molecule has 1 N–H and O–H groups in total. The van der Waals surface area contributed by atoms with Gasteiger partial charge in [-0.2, -0.15) is 5.10 Å². The van der Waals surface area contributed by atoms with Crippen molar-refractivity contribution < 1.29 is 0 Å². The summed E-state index contributed by atoms with van der Waals surface area (Å²) in [5.74, 6) is 0. The first-order valence-corrected chi connectivity index (χ1v) is 7.47. The Balaban J connectivity index is 1.64. The lowest BCUT2D eigenvalue weighted by Gasteiger charge is -2.19. The lowest BCUT2D eigenvalue weighted by Crippen LogP contribution is -2.31. The van der Waals surface area contributed by atoms with E-state index in [1.807, 2.05) is 17.9 Å². The van der Waals surface area contributed by atoms with Crippen LogP contribution in [0.5, 0.6) is 0 Å². The van der Waals surface area contributed by atoms with Crippen LogP contribution in [0, 0.1) is 0 Å². The number of rotatable bonds is 5. The Kier molecular flexibility index (Phi) is 3.46. The maximum atomic E-state index is 4.20. The summed E-state index contributed by atoms with van der Waals surface area (Å²) < 4.78 is 3.15. The van der Waals surface area contributed by atoms with Crippen LogP contribution in [-0.2, 0) is 19.0 Å². The Hall–Kier alpha value is -1.13. The van der Waals surface area contributed by atoms with Crippen molar-refractivity contribution in [3.8, 4) is 0 Å². The van der Waals surface area contributed by atoms with Gasteiger partial charge in [0.15, 0.2) is 0 Å². The highest BCUT2D eigenvalue weighted by molar-refractivity contribution is 9.10. The van der Waals surface area contributed by atoms with Gasteiger partial charge in [0.05, 0.1) is 0 Å². The van der Waals surface area contributed by atoms with E-state index in [-0.39, 0.29) is 5.54 Å². The minimum Gasteiger partial charge on any atom is -0.307 e. The highest BCUT2D eigenvalue weighted by atomic mass is 79.9. The van der Waals surface area contributed by atoms with Gasteiger partial charge in [-0.05, 0) is 30.5 Å². The van der Waals surface area contributed by atoms with Crippen molar-refractivity contribution in [2.75, 3.05) is 6.54 Å². The quantitative estimate of drug-likeness (QED) is 0.918. The SMILES string of the molecule is Cn1nccc1CCNC1(c2ccccc2Br)CC1. The molecule has 3 rings (SSSR count). The predicted octanol–water partition coefficient (Wildman–Crippen LogP) is 3.00. The smallest absolute Gasteiger partial charge is 0.0492 e. The van der Waals surface area contributed by atoms with Gasteiger partial charge in [0.1, 0.15) is 0 Å². The molecule has 2 aromatic rings. The van der Waals surface area contributed by atoms with Gasteiger partial charge in [0.25, 0.3) is 0 Å². The largest absolute Gasteiger partial charge is 0.307 e. The third-order valence-corrected chi connectivity index (χ3v) is 4.60. The number of aromatic nitrogens is 2. The predicted molar refractivity (Wildman–Crippen MR) is 80.0 cm³/mol. The number of benzene rings is 1. The Labute approximate surface area is 122 Å². The van der Waals surface area contributed by atoms with Crippen molar-refractivity contribution in [3.05, 3.63) is 52.3 Å². The Morgan fingerprint density at radius 1 is 1.32 bits per heavy atom. The zero-order valence-corrected chi connectivity index (χ0v) is 12.7. The Bertz CT molecular complexity index is 572. The van der Waals surface area contributed by atoms with Crippen molar-refractivity contribution in [2.24, 2.45) is 7.05 Å². The molecular weight excluding hydrogens is 302 g/mol. The molecule has 0 saturated heterocycles. The van der Waals surface area contributed by atoms with Crippen molar-refractivity contribution in [1.82, 2.24) is 15.1 Å². The molecule has 0 unspecified atom stereocenters. The molecule has 0 radical (unpaired) electrons. The van der Waals surface area contributed by atoms with Crippen LogP contribution in [0.15, 0.2) is 41.0 Å². The zero-order valence-electron chi connectivity index (χ0n) is 11.1. The van der Waals surface area contributed by atoms with Crippen LogP contribution in [-0.4, -0.2) is 16.3 Å². The molecule has 0 aliphatic heterocycles. The van der Waals surface area contributed by atoms with E-state index in [1.165, 1.54) is 28.6 Å². The Morgan fingerprint density at radius 3 is 2.74 bits per heavy atom. The first-order chi connectivity index (χ1) is 9.21. The average molecular weight is 320 g/mol. The molecule has 0 bridgehead atoms. The van der Waals surface area contributed by atoms with Crippen LogP contribution in [0.1, 0.15) is 24.1 Å². The summed E-state index contributed by atoms with van der Waals surface area (Å²) in [6.07, 6.45) is 5.32. The van der Waals surface area contributed by atoms with Crippen LogP contribution >= 0.6 is 15.9 Å². The van der Waals surface area contributed by atoms with E-state index in [0.717, 1.165) is 13.0 Å². The second-order valence-corrected chi connectivity index (χ2v) is 6.04. The molecule has 1 aliphatic carbocycles. The molecule has 0 atom stereocenters. The molecule has 4 heteroatoms. The summed E-state index contributed by atoms with van der Waals surface area (Å²) in [5, 5.41) is 7.92. The number of halogens is 1. The minimum atomic E-state index is 0.193. The standard InChI is InChI=1S/C15H18BrN3/c1-19-12(7-11-18-19)6-10-17-15(8-9-15)13-4-2-3-5-14(13)16/h2-5,7,11,17H,6,8-10H2,1H3. The number of aryl methyl sites for hydroxylation is 1. The van der Waals surface area contributed by atoms with Crippen LogP contribution in [0.2, 0.25) is 0 Å². The summed E-state index contributed by atoms with van der Waals surface area (Å²) in [6.45, 7) is 0.987. The average Bonchev–Trinajstić information content (AvgIpc) is 3.08. The molecular formula is C15H18BrN3. The summed E-state index contributed by atoms with van der Waals surface area (Å²) in [5.41, 5.74) is 2.86. The monoisotopic (exact) mass is 319 g/mol. The van der Waals surface area contributed by atoms with Crippen LogP contribution in [0.3, 0.4) is 0 Å². The van der Waals surface area contributed by atoms with Crippen LogP contribution in [0.4, 0.5) is 0 Å². The molecule has 1 aliphatic rings. The first kappa shape index (κ1) is 12.9. The lowest BCUT2D eigenvalue weighted by molar-refractivity contribution is 0.513. The van der Waals surface area contributed by atoms with Gasteiger partial charge in [-0.25, -0.2) is 0 Å². The minimum absolute atomic E-state index is 0.193. The number of hydrogen-bond donors (Lipinski definition) is 1. The summed E-state index contributed by atoms with van der Waals surface area (Å²) in [7, 11) is 2.00. The van der Waals surface area contributed by atoms with Gasteiger partial charge >= 0.3 is 0 Å². The zero-order chi connectivity index (χ0) is 13.3. The maximum Gasteiger partial charge on any atom is 0.0492 e. The van der Waals surface area contributed by atoms with Crippen molar-refractivity contribution in [3.63, 3.8) is 0 Å². The van der Waals surface area contributed by atoms with Crippen LogP contribution < -0.4 is 5.32 Å². The van der Waals surface area contributed by atoms with E-state index in [4.69, 9.17) is 0 Å². The first-order valence-electron chi connectivity index (χ1n) is 6.68.